The number of thiazole rings is 1. The maximum Gasteiger partial charge on any atom is 0.395 e. The number of hydrogen-bond acceptors (Lipinski definition) is 3. The highest BCUT2D eigenvalue weighted by molar-refractivity contribution is 7.11. The minimum Gasteiger partial charge on any atom is -0.312 e. The minimum absolute atomic E-state index is 0.206. The maximum absolute atomic E-state index is 12.4. The van der Waals surface area contributed by atoms with Crippen molar-refractivity contribution in [3.8, 4) is 0 Å². The molecule has 1 fully saturated rings. The van der Waals surface area contributed by atoms with Crippen LogP contribution in [0, 0.1) is 0 Å². The Balaban J connectivity index is 2.06. The maximum atomic E-state index is 12.4. The number of nitrogens with one attached hydrogen (secondary N) is 1. The van der Waals surface area contributed by atoms with Gasteiger partial charge in [-0.25, -0.2) is 4.98 Å². The van der Waals surface area contributed by atoms with Crippen molar-refractivity contribution in [3.63, 3.8) is 0 Å². The van der Waals surface area contributed by atoms with Crippen LogP contribution in [0.25, 0.3) is 0 Å². The number of aromatic nitrogens is 1. The molecule has 0 aromatic carbocycles. The van der Waals surface area contributed by atoms with E-state index in [1.54, 1.807) is 0 Å². The van der Waals surface area contributed by atoms with Gasteiger partial charge >= 0.3 is 6.18 Å². The molecule has 0 unspecified atom stereocenters. The van der Waals surface area contributed by atoms with Crippen molar-refractivity contribution in [2.24, 2.45) is 0 Å². The summed E-state index contributed by atoms with van der Waals surface area (Å²) in [7, 11) is 0. The smallest absolute Gasteiger partial charge is 0.312 e. The van der Waals surface area contributed by atoms with Gasteiger partial charge in [0.15, 0.2) is 0 Å². The summed E-state index contributed by atoms with van der Waals surface area (Å²) >= 11 is 1.21. The van der Waals surface area contributed by atoms with Gasteiger partial charge in [0, 0.05) is 17.3 Å². The number of rotatable bonds is 6. The lowest BCUT2D eigenvalue weighted by atomic mass is 10.2. The molecule has 2 nitrogen and oxygen atoms in total. The molecule has 1 N–H and O–H groups in total. The SMILES string of the molecule is CCCNCc1sc(CC(F)(F)F)nc1C1CC1. The van der Waals surface area contributed by atoms with Crippen LogP contribution in [0.4, 0.5) is 13.2 Å². The summed E-state index contributed by atoms with van der Waals surface area (Å²) in [6, 6.07) is 0. The number of nitrogens with zero attached hydrogens (tertiary/aromatic N) is 1. The van der Waals surface area contributed by atoms with Crippen LogP contribution in [-0.2, 0) is 13.0 Å². The van der Waals surface area contributed by atoms with E-state index in [-0.39, 0.29) is 5.01 Å². The van der Waals surface area contributed by atoms with Crippen molar-refractivity contribution in [2.75, 3.05) is 6.54 Å². The average Bonchev–Trinajstić information content (AvgIpc) is 3.01. The summed E-state index contributed by atoms with van der Waals surface area (Å²) in [6.07, 6.45) is -1.91. The summed E-state index contributed by atoms with van der Waals surface area (Å²) < 4.78 is 37.1. The molecule has 0 saturated heterocycles. The quantitative estimate of drug-likeness (QED) is 0.804. The summed E-state index contributed by atoms with van der Waals surface area (Å²) in [4.78, 5) is 5.19. The summed E-state index contributed by atoms with van der Waals surface area (Å²) in [5.41, 5.74) is 0.905. The third kappa shape index (κ3) is 3.95. The molecule has 0 amide bonds. The molecule has 18 heavy (non-hydrogen) atoms. The second kappa shape index (κ2) is 5.57. The normalized spacial score (nSPS) is 16.2. The van der Waals surface area contributed by atoms with E-state index in [4.69, 9.17) is 0 Å². The van der Waals surface area contributed by atoms with E-state index in [0.717, 1.165) is 36.4 Å². The van der Waals surface area contributed by atoms with E-state index in [1.165, 1.54) is 11.3 Å². The first-order chi connectivity index (χ1) is 8.49. The topological polar surface area (TPSA) is 24.9 Å². The molecule has 0 radical (unpaired) electrons. The first-order valence-corrected chi connectivity index (χ1v) is 7.07. The third-order valence-corrected chi connectivity index (χ3v) is 3.87. The van der Waals surface area contributed by atoms with Crippen molar-refractivity contribution in [3.05, 3.63) is 15.6 Å². The predicted octanol–water partition coefficient (Wildman–Crippen LogP) is 3.62. The van der Waals surface area contributed by atoms with Crippen molar-refractivity contribution < 1.29 is 13.2 Å². The van der Waals surface area contributed by atoms with Gasteiger partial charge in [-0.1, -0.05) is 6.92 Å². The Labute approximate surface area is 109 Å². The Hall–Kier alpha value is -0.620. The fourth-order valence-corrected chi connectivity index (χ4v) is 3.00. The molecule has 0 aliphatic heterocycles. The van der Waals surface area contributed by atoms with Crippen molar-refractivity contribution in [2.45, 2.75) is 51.2 Å². The molecule has 1 aliphatic carbocycles. The zero-order valence-corrected chi connectivity index (χ0v) is 11.1. The molecule has 1 aromatic heterocycles. The number of hydrogen-bond donors (Lipinski definition) is 1. The van der Waals surface area contributed by atoms with Crippen LogP contribution in [0.1, 0.15) is 47.7 Å². The number of halogens is 3. The van der Waals surface area contributed by atoms with Gasteiger partial charge in [-0.15, -0.1) is 11.3 Å². The second-order valence-electron chi connectivity index (χ2n) is 4.66. The van der Waals surface area contributed by atoms with Crippen LogP contribution in [0.5, 0.6) is 0 Å². The fourth-order valence-electron chi connectivity index (χ4n) is 1.84. The van der Waals surface area contributed by atoms with E-state index in [9.17, 15) is 13.2 Å². The molecule has 102 valence electrons. The standard InChI is InChI=1S/C12H17F3N2S/c1-2-5-16-7-9-11(8-3-4-8)17-10(18-9)6-12(13,14)15/h8,16H,2-7H2,1H3. The fraction of sp³-hybridized carbons (Fsp3) is 0.750. The van der Waals surface area contributed by atoms with Crippen molar-refractivity contribution in [1.82, 2.24) is 10.3 Å². The van der Waals surface area contributed by atoms with Crippen molar-refractivity contribution >= 4 is 11.3 Å². The van der Waals surface area contributed by atoms with Gasteiger partial charge in [-0.05, 0) is 25.8 Å². The first-order valence-electron chi connectivity index (χ1n) is 6.25. The Kier molecular flexibility index (Phi) is 4.27. The highest BCUT2D eigenvalue weighted by Crippen LogP contribution is 2.43. The minimum atomic E-state index is -4.16. The van der Waals surface area contributed by atoms with Gasteiger partial charge < -0.3 is 5.32 Å². The lowest BCUT2D eigenvalue weighted by molar-refractivity contribution is -0.127. The molecule has 6 heteroatoms. The molecule has 2 rings (SSSR count). The molecule has 1 aromatic rings. The van der Waals surface area contributed by atoms with Gasteiger partial charge in [-0.2, -0.15) is 13.2 Å². The van der Waals surface area contributed by atoms with E-state index in [1.807, 2.05) is 0 Å². The monoisotopic (exact) mass is 278 g/mol. The Morgan fingerprint density at radius 3 is 2.67 bits per heavy atom. The van der Waals surface area contributed by atoms with Crippen LogP contribution >= 0.6 is 11.3 Å². The Morgan fingerprint density at radius 1 is 1.39 bits per heavy atom. The van der Waals surface area contributed by atoms with E-state index >= 15 is 0 Å². The van der Waals surface area contributed by atoms with Gasteiger partial charge in [0.2, 0.25) is 0 Å². The van der Waals surface area contributed by atoms with Crippen molar-refractivity contribution in [1.29, 1.82) is 0 Å². The van der Waals surface area contributed by atoms with E-state index < -0.39 is 12.6 Å². The highest BCUT2D eigenvalue weighted by Gasteiger charge is 2.33. The predicted molar refractivity (Wildman–Crippen MR) is 65.8 cm³/mol. The Bertz CT molecular complexity index is 397. The first kappa shape index (κ1) is 13.8. The molecule has 0 atom stereocenters. The molecule has 1 saturated carbocycles. The Morgan fingerprint density at radius 2 is 2.11 bits per heavy atom. The van der Waals surface area contributed by atoms with Gasteiger partial charge in [0.1, 0.15) is 5.01 Å². The highest BCUT2D eigenvalue weighted by atomic mass is 32.1. The second-order valence-corrected chi connectivity index (χ2v) is 5.83. The van der Waals surface area contributed by atoms with Gasteiger partial charge in [0.05, 0.1) is 12.1 Å². The van der Waals surface area contributed by atoms with Crippen LogP contribution < -0.4 is 5.32 Å². The average molecular weight is 278 g/mol. The molecule has 0 spiro atoms. The van der Waals surface area contributed by atoms with E-state index in [2.05, 4.69) is 17.2 Å². The van der Waals surface area contributed by atoms with Crippen LogP contribution in [0.3, 0.4) is 0 Å². The summed E-state index contributed by atoms with van der Waals surface area (Å²) in [6.45, 7) is 3.60. The van der Waals surface area contributed by atoms with Crippen LogP contribution in [-0.4, -0.2) is 17.7 Å². The van der Waals surface area contributed by atoms with Gasteiger partial charge in [0.25, 0.3) is 0 Å². The van der Waals surface area contributed by atoms with E-state index in [0.29, 0.717) is 12.5 Å². The van der Waals surface area contributed by atoms with Crippen LogP contribution in [0.15, 0.2) is 0 Å². The summed E-state index contributed by atoms with van der Waals surface area (Å²) in [5.74, 6) is 0.404. The molecular weight excluding hydrogens is 261 g/mol. The molecular formula is C12H17F3N2S. The largest absolute Gasteiger partial charge is 0.395 e. The molecule has 0 bridgehead atoms. The molecule has 1 heterocycles. The third-order valence-electron chi connectivity index (χ3n) is 2.80. The van der Waals surface area contributed by atoms with Gasteiger partial charge in [-0.3, -0.25) is 0 Å². The van der Waals surface area contributed by atoms with Crippen LogP contribution in [0.2, 0.25) is 0 Å². The lowest BCUT2D eigenvalue weighted by Crippen LogP contribution is -2.13. The molecule has 1 aliphatic rings. The lowest BCUT2D eigenvalue weighted by Gasteiger charge is -2.02. The zero-order valence-electron chi connectivity index (χ0n) is 10.3. The zero-order chi connectivity index (χ0) is 13.2. The summed E-state index contributed by atoms with van der Waals surface area (Å²) in [5, 5.41) is 3.45. The number of alkyl halides is 3.